The molecule has 29 heavy (non-hydrogen) atoms. The van der Waals surface area contributed by atoms with Crippen LogP contribution in [0.1, 0.15) is 63.8 Å². The first-order valence-corrected chi connectivity index (χ1v) is 10.8. The molecule has 3 heterocycles. The molecule has 1 saturated heterocycles. The van der Waals surface area contributed by atoms with Gasteiger partial charge in [-0.25, -0.2) is 9.97 Å². The van der Waals surface area contributed by atoms with Gasteiger partial charge in [0.1, 0.15) is 17.2 Å². The Balaban J connectivity index is 1.92. The standard InChI is InChI=1S/C23H34N4O2/c1-6-26(7-2)21(28)19-10-8-9-18(24-19)20-16-27(22(25-20)23(3,4)5)15-17-11-13-29-14-12-17/h8-10,16-17H,6-7,11-15H2,1-5H3. The maximum absolute atomic E-state index is 12.7. The van der Waals surface area contributed by atoms with Crippen LogP contribution in [0, 0.1) is 5.92 Å². The number of hydrogen-bond acceptors (Lipinski definition) is 4. The van der Waals surface area contributed by atoms with Crippen molar-refractivity contribution in [3.05, 3.63) is 35.9 Å². The highest BCUT2D eigenvalue weighted by molar-refractivity contribution is 5.92. The third-order valence-corrected chi connectivity index (χ3v) is 5.52. The lowest BCUT2D eigenvalue weighted by molar-refractivity contribution is 0.0607. The van der Waals surface area contributed by atoms with Gasteiger partial charge in [0.25, 0.3) is 5.91 Å². The molecule has 0 aromatic carbocycles. The van der Waals surface area contributed by atoms with Gasteiger partial charge in [-0.1, -0.05) is 26.8 Å². The highest BCUT2D eigenvalue weighted by Gasteiger charge is 2.25. The van der Waals surface area contributed by atoms with Crippen molar-refractivity contribution in [1.82, 2.24) is 19.4 Å². The van der Waals surface area contributed by atoms with E-state index >= 15 is 0 Å². The summed E-state index contributed by atoms with van der Waals surface area (Å²) in [4.78, 5) is 24.1. The lowest BCUT2D eigenvalue weighted by atomic mass is 9.94. The minimum atomic E-state index is -0.0714. The normalized spacial score (nSPS) is 15.5. The molecule has 0 bridgehead atoms. The lowest BCUT2D eigenvalue weighted by Gasteiger charge is -2.25. The predicted molar refractivity (Wildman–Crippen MR) is 115 cm³/mol. The second-order valence-electron chi connectivity index (χ2n) is 8.79. The van der Waals surface area contributed by atoms with E-state index in [2.05, 4.69) is 36.5 Å². The zero-order valence-electron chi connectivity index (χ0n) is 18.4. The van der Waals surface area contributed by atoms with Gasteiger partial charge in [0.05, 0.1) is 5.69 Å². The first-order valence-electron chi connectivity index (χ1n) is 10.8. The molecular formula is C23H34N4O2. The van der Waals surface area contributed by atoms with E-state index in [4.69, 9.17) is 9.72 Å². The van der Waals surface area contributed by atoms with E-state index in [9.17, 15) is 4.79 Å². The van der Waals surface area contributed by atoms with E-state index in [0.29, 0.717) is 24.7 Å². The average molecular weight is 399 g/mol. The van der Waals surface area contributed by atoms with Gasteiger partial charge in [0, 0.05) is 44.5 Å². The summed E-state index contributed by atoms with van der Waals surface area (Å²) < 4.78 is 7.80. The summed E-state index contributed by atoms with van der Waals surface area (Å²) in [6.45, 7) is 14.5. The Labute approximate surface area is 174 Å². The van der Waals surface area contributed by atoms with Crippen molar-refractivity contribution < 1.29 is 9.53 Å². The Morgan fingerprint density at radius 2 is 1.83 bits per heavy atom. The molecule has 6 heteroatoms. The highest BCUT2D eigenvalue weighted by atomic mass is 16.5. The van der Waals surface area contributed by atoms with Crippen LogP contribution in [0.2, 0.25) is 0 Å². The number of ether oxygens (including phenoxy) is 1. The van der Waals surface area contributed by atoms with Crippen LogP contribution >= 0.6 is 0 Å². The van der Waals surface area contributed by atoms with Crippen molar-refractivity contribution in [2.45, 2.75) is 59.4 Å². The summed E-state index contributed by atoms with van der Waals surface area (Å²) in [5.74, 6) is 1.63. The maximum atomic E-state index is 12.7. The molecule has 6 nitrogen and oxygen atoms in total. The number of hydrogen-bond donors (Lipinski definition) is 0. The van der Waals surface area contributed by atoms with Gasteiger partial charge in [0.15, 0.2) is 0 Å². The van der Waals surface area contributed by atoms with Crippen LogP contribution in [0.4, 0.5) is 0 Å². The van der Waals surface area contributed by atoms with Crippen molar-refractivity contribution in [3.63, 3.8) is 0 Å². The van der Waals surface area contributed by atoms with Crippen molar-refractivity contribution >= 4 is 5.91 Å². The number of aromatic nitrogens is 3. The van der Waals surface area contributed by atoms with Crippen LogP contribution in [-0.4, -0.2) is 51.6 Å². The van der Waals surface area contributed by atoms with Crippen molar-refractivity contribution in [3.8, 4) is 11.4 Å². The summed E-state index contributed by atoms with van der Waals surface area (Å²) in [5.41, 5.74) is 1.98. The van der Waals surface area contributed by atoms with Gasteiger partial charge in [-0.3, -0.25) is 4.79 Å². The van der Waals surface area contributed by atoms with Gasteiger partial charge in [-0.2, -0.15) is 0 Å². The van der Waals surface area contributed by atoms with Gasteiger partial charge in [0.2, 0.25) is 0 Å². The van der Waals surface area contributed by atoms with E-state index in [1.807, 2.05) is 26.0 Å². The molecule has 0 atom stereocenters. The van der Waals surface area contributed by atoms with Gasteiger partial charge in [-0.05, 0) is 44.7 Å². The smallest absolute Gasteiger partial charge is 0.272 e. The molecule has 1 fully saturated rings. The Kier molecular flexibility index (Phi) is 6.73. The fraction of sp³-hybridized carbons (Fsp3) is 0.609. The first-order chi connectivity index (χ1) is 13.8. The molecule has 0 aliphatic carbocycles. The fourth-order valence-electron chi connectivity index (χ4n) is 3.85. The number of pyridine rings is 1. The van der Waals surface area contributed by atoms with E-state index in [0.717, 1.165) is 49.8 Å². The van der Waals surface area contributed by atoms with Crippen molar-refractivity contribution in [2.24, 2.45) is 5.92 Å². The monoisotopic (exact) mass is 398 g/mol. The molecular weight excluding hydrogens is 364 g/mol. The topological polar surface area (TPSA) is 60.2 Å². The summed E-state index contributed by atoms with van der Waals surface area (Å²) in [6, 6.07) is 5.62. The number of imidazole rings is 1. The summed E-state index contributed by atoms with van der Waals surface area (Å²) in [6.07, 6.45) is 4.27. The number of amides is 1. The molecule has 0 spiro atoms. The Hall–Kier alpha value is -2.21. The van der Waals surface area contributed by atoms with Crippen LogP contribution in [0.3, 0.4) is 0 Å². The third kappa shape index (κ3) is 5.04. The largest absolute Gasteiger partial charge is 0.381 e. The summed E-state index contributed by atoms with van der Waals surface area (Å²) in [7, 11) is 0. The van der Waals surface area contributed by atoms with Gasteiger partial charge < -0.3 is 14.2 Å². The molecule has 158 valence electrons. The lowest BCUT2D eigenvalue weighted by Crippen LogP contribution is -2.31. The van der Waals surface area contributed by atoms with Crippen molar-refractivity contribution in [2.75, 3.05) is 26.3 Å². The molecule has 3 rings (SSSR count). The summed E-state index contributed by atoms with van der Waals surface area (Å²) >= 11 is 0. The highest BCUT2D eigenvalue weighted by Crippen LogP contribution is 2.28. The SMILES string of the molecule is CCN(CC)C(=O)c1cccc(-c2cn(CC3CCOCC3)c(C(C)(C)C)n2)n1. The Morgan fingerprint density at radius 3 is 2.45 bits per heavy atom. The van der Waals surface area contributed by atoms with E-state index < -0.39 is 0 Å². The average Bonchev–Trinajstić information content (AvgIpc) is 3.14. The van der Waals surface area contributed by atoms with E-state index in [1.54, 1.807) is 11.0 Å². The predicted octanol–water partition coefficient (Wildman–Crippen LogP) is 4.15. The molecule has 0 radical (unpaired) electrons. The van der Waals surface area contributed by atoms with Gasteiger partial charge >= 0.3 is 0 Å². The van der Waals surface area contributed by atoms with Crippen LogP contribution in [0.25, 0.3) is 11.4 Å². The van der Waals surface area contributed by atoms with Crippen LogP contribution < -0.4 is 0 Å². The van der Waals surface area contributed by atoms with Gasteiger partial charge in [-0.15, -0.1) is 0 Å². The minimum Gasteiger partial charge on any atom is -0.381 e. The number of carbonyl (C=O) groups is 1. The molecule has 0 saturated carbocycles. The zero-order chi connectivity index (χ0) is 21.0. The van der Waals surface area contributed by atoms with Crippen molar-refractivity contribution in [1.29, 1.82) is 0 Å². The second kappa shape index (κ2) is 9.08. The fourth-order valence-corrected chi connectivity index (χ4v) is 3.85. The second-order valence-corrected chi connectivity index (χ2v) is 8.79. The molecule has 0 unspecified atom stereocenters. The molecule has 1 aliphatic rings. The van der Waals surface area contributed by atoms with E-state index in [-0.39, 0.29) is 11.3 Å². The van der Waals surface area contributed by atoms with Crippen LogP contribution in [-0.2, 0) is 16.7 Å². The minimum absolute atomic E-state index is 0.0328. The first kappa shape index (κ1) is 21.5. The number of carbonyl (C=O) groups excluding carboxylic acids is 1. The molecule has 0 N–H and O–H groups in total. The number of rotatable bonds is 6. The summed E-state index contributed by atoms with van der Waals surface area (Å²) in [5, 5.41) is 0. The molecule has 1 amide bonds. The quantitative estimate of drug-likeness (QED) is 0.733. The van der Waals surface area contributed by atoms with Crippen LogP contribution in [0.5, 0.6) is 0 Å². The Morgan fingerprint density at radius 1 is 1.14 bits per heavy atom. The Bertz CT molecular complexity index is 828. The number of nitrogens with zero attached hydrogens (tertiary/aromatic N) is 4. The molecule has 2 aromatic rings. The molecule has 1 aliphatic heterocycles. The third-order valence-electron chi connectivity index (χ3n) is 5.52. The zero-order valence-corrected chi connectivity index (χ0v) is 18.4. The molecule has 2 aromatic heterocycles. The maximum Gasteiger partial charge on any atom is 0.272 e. The van der Waals surface area contributed by atoms with Crippen LogP contribution in [0.15, 0.2) is 24.4 Å². The van der Waals surface area contributed by atoms with E-state index in [1.165, 1.54) is 0 Å².